The third-order valence-electron chi connectivity index (χ3n) is 3.63. The van der Waals surface area contributed by atoms with E-state index in [4.69, 9.17) is 9.47 Å². The number of anilines is 1. The zero-order valence-corrected chi connectivity index (χ0v) is 14.0. The second-order valence-corrected chi connectivity index (χ2v) is 6.34. The summed E-state index contributed by atoms with van der Waals surface area (Å²) in [6, 6.07) is 15.3. The number of rotatable bonds is 5. The van der Waals surface area contributed by atoms with Crippen molar-refractivity contribution >= 4 is 23.4 Å². The van der Waals surface area contributed by atoms with Gasteiger partial charge in [-0.3, -0.25) is 4.79 Å². The highest BCUT2D eigenvalue weighted by Crippen LogP contribution is 2.34. The Morgan fingerprint density at radius 1 is 1.16 bits per heavy atom. The highest BCUT2D eigenvalue weighted by Gasteiger charge is 2.14. The smallest absolute Gasteiger partial charge is 0.234 e. The van der Waals surface area contributed by atoms with E-state index in [1.807, 2.05) is 30.3 Å². The summed E-state index contributed by atoms with van der Waals surface area (Å²) in [5, 5.41) is 3.55. The number of nitrogens with one attached hydrogen (secondary N) is 2. The van der Waals surface area contributed by atoms with Gasteiger partial charge >= 0.3 is 0 Å². The first-order valence-electron chi connectivity index (χ1n) is 7.71. The van der Waals surface area contributed by atoms with E-state index < -0.39 is 0 Å². The van der Waals surface area contributed by atoms with Crippen molar-refractivity contribution in [3.63, 3.8) is 0 Å². The van der Waals surface area contributed by atoms with Crippen LogP contribution in [0.1, 0.15) is 0 Å². The Hall–Kier alpha value is -2.93. The molecule has 4 rings (SSSR count). The van der Waals surface area contributed by atoms with Gasteiger partial charge in [0.05, 0.1) is 17.6 Å². The summed E-state index contributed by atoms with van der Waals surface area (Å²) in [5.41, 5.74) is 2.67. The number of H-pyrrole nitrogens is 1. The van der Waals surface area contributed by atoms with Crippen molar-refractivity contribution in [2.75, 3.05) is 17.9 Å². The molecular weight excluding hydrogens is 338 g/mol. The van der Waals surface area contributed by atoms with Gasteiger partial charge < -0.3 is 19.8 Å². The summed E-state index contributed by atoms with van der Waals surface area (Å²) in [6.45, 7) is 0.213. The molecule has 0 radical (unpaired) electrons. The van der Waals surface area contributed by atoms with Gasteiger partial charge in [-0.1, -0.05) is 42.1 Å². The van der Waals surface area contributed by atoms with Crippen molar-refractivity contribution in [3.8, 4) is 22.8 Å². The Labute approximate surface area is 148 Å². The van der Waals surface area contributed by atoms with E-state index in [0.717, 1.165) is 11.3 Å². The number of benzene rings is 2. The van der Waals surface area contributed by atoms with Gasteiger partial charge in [-0.2, -0.15) is 0 Å². The standard InChI is InChI=1S/C18H15N3O3S/c22-17(20-13-6-7-15-16(8-13)24-11-23-15)10-25-18-19-9-14(21-18)12-4-2-1-3-5-12/h1-9H,10-11H2,(H,19,21)(H,20,22). The molecule has 0 bridgehead atoms. The summed E-state index contributed by atoms with van der Waals surface area (Å²) in [4.78, 5) is 19.6. The molecule has 3 aromatic rings. The number of nitrogens with zero attached hydrogens (tertiary/aromatic N) is 1. The van der Waals surface area contributed by atoms with Gasteiger partial charge in [0.15, 0.2) is 16.7 Å². The molecule has 1 aliphatic heterocycles. The summed E-state index contributed by atoms with van der Waals surface area (Å²) >= 11 is 1.35. The van der Waals surface area contributed by atoms with Gasteiger partial charge in [-0.05, 0) is 17.7 Å². The molecule has 7 heteroatoms. The minimum Gasteiger partial charge on any atom is -0.454 e. The zero-order chi connectivity index (χ0) is 17.1. The maximum Gasteiger partial charge on any atom is 0.234 e. The first-order chi connectivity index (χ1) is 12.3. The molecule has 0 unspecified atom stereocenters. The number of hydrogen-bond donors (Lipinski definition) is 2. The van der Waals surface area contributed by atoms with Crippen LogP contribution >= 0.6 is 11.8 Å². The summed E-state index contributed by atoms with van der Waals surface area (Å²) in [6.07, 6.45) is 1.77. The fourth-order valence-electron chi connectivity index (χ4n) is 2.45. The summed E-state index contributed by atoms with van der Waals surface area (Å²) in [7, 11) is 0. The molecule has 1 aliphatic rings. The van der Waals surface area contributed by atoms with E-state index in [0.29, 0.717) is 22.3 Å². The zero-order valence-electron chi connectivity index (χ0n) is 13.2. The first-order valence-corrected chi connectivity index (χ1v) is 8.69. The molecule has 0 spiro atoms. The van der Waals surface area contributed by atoms with E-state index in [9.17, 15) is 4.79 Å². The number of fused-ring (bicyclic) bond motifs is 1. The van der Waals surface area contributed by atoms with E-state index in [-0.39, 0.29) is 18.5 Å². The number of aromatic amines is 1. The molecule has 0 saturated heterocycles. The number of imidazole rings is 1. The van der Waals surface area contributed by atoms with Crippen LogP contribution in [0.4, 0.5) is 5.69 Å². The number of amides is 1. The Balaban J connectivity index is 1.34. The molecule has 0 aliphatic carbocycles. The van der Waals surface area contributed by atoms with Gasteiger partial charge in [0.1, 0.15) is 0 Å². The highest BCUT2D eigenvalue weighted by molar-refractivity contribution is 7.99. The summed E-state index contributed by atoms with van der Waals surface area (Å²) < 4.78 is 10.6. The molecule has 6 nitrogen and oxygen atoms in total. The second-order valence-electron chi connectivity index (χ2n) is 5.37. The molecule has 2 aromatic carbocycles. The molecule has 25 heavy (non-hydrogen) atoms. The van der Waals surface area contributed by atoms with Crippen LogP contribution in [0.25, 0.3) is 11.3 Å². The SMILES string of the molecule is O=C(CSc1ncc(-c2ccccc2)[nH]1)Nc1ccc2c(c1)OCO2. The van der Waals surface area contributed by atoms with Crippen LogP contribution in [0.15, 0.2) is 59.9 Å². The lowest BCUT2D eigenvalue weighted by Crippen LogP contribution is -2.14. The fraction of sp³-hybridized carbons (Fsp3) is 0.111. The number of carbonyl (C=O) groups excluding carboxylic acids is 1. The van der Waals surface area contributed by atoms with E-state index >= 15 is 0 Å². The van der Waals surface area contributed by atoms with Crippen LogP contribution < -0.4 is 14.8 Å². The lowest BCUT2D eigenvalue weighted by atomic mass is 10.2. The molecule has 1 amide bonds. The third-order valence-corrected chi connectivity index (χ3v) is 4.52. The van der Waals surface area contributed by atoms with Gasteiger partial charge in [0.25, 0.3) is 0 Å². The predicted molar refractivity (Wildman–Crippen MR) is 95.9 cm³/mol. The number of hydrogen-bond acceptors (Lipinski definition) is 5. The van der Waals surface area contributed by atoms with Crippen LogP contribution in [0.2, 0.25) is 0 Å². The Morgan fingerprint density at radius 2 is 2.00 bits per heavy atom. The van der Waals surface area contributed by atoms with Crippen LogP contribution in [-0.4, -0.2) is 28.4 Å². The molecule has 2 N–H and O–H groups in total. The van der Waals surface area contributed by atoms with Crippen molar-refractivity contribution in [1.29, 1.82) is 0 Å². The average molecular weight is 353 g/mol. The van der Waals surface area contributed by atoms with Gasteiger partial charge in [-0.25, -0.2) is 4.98 Å². The monoisotopic (exact) mass is 353 g/mol. The van der Waals surface area contributed by atoms with Crippen molar-refractivity contribution in [2.45, 2.75) is 5.16 Å². The maximum absolute atomic E-state index is 12.1. The van der Waals surface area contributed by atoms with Crippen LogP contribution in [0.3, 0.4) is 0 Å². The Bertz CT molecular complexity index is 896. The van der Waals surface area contributed by atoms with Gasteiger partial charge in [-0.15, -0.1) is 0 Å². The van der Waals surface area contributed by atoms with Crippen LogP contribution in [0, 0.1) is 0 Å². The van der Waals surface area contributed by atoms with Crippen molar-refractivity contribution in [3.05, 3.63) is 54.7 Å². The topological polar surface area (TPSA) is 76.2 Å². The van der Waals surface area contributed by atoms with Gasteiger partial charge in [0.2, 0.25) is 12.7 Å². The number of carbonyl (C=O) groups is 1. The molecule has 0 saturated carbocycles. The largest absolute Gasteiger partial charge is 0.454 e. The Morgan fingerprint density at radius 3 is 2.88 bits per heavy atom. The van der Waals surface area contributed by atoms with Gasteiger partial charge in [0, 0.05) is 11.8 Å². The molecular formula is C18H15N3O3S. The van der Waals surface area contributed by atoms with E-state index in [2.05, 4.69) is 15.3 Å². The van der Waals surface area contributed by atoms with Crippen LogP contribution in [-0.2, 0) is 4.79 Å². The minimum absolute atomic E-state index is 0.110. The van der Waals surface area contributed by atoms with Crippen molar-refractivity contribution in [2.24, 2.45) is 0 Å². The molecule has 1 aromatic heterocycles. The van der Waals surface area contributed by atoms with Crippen molar-refractivity contribution < 1.29 is 14.3 Å². The number of ether oxygens (including phenoxy) is 2. The predicted octanol–water partition coefficient (Wildman–Crippen LogP) is 3.54. The molecule has 0 fully saturated rings. The molecule has 2 heterocycles. The fourth-order valence-corrected chi connectivity index (χ4v) is 3.10. The number of thioether (sulfide) groups is 1. The molecule has 126 valence electrons. The normalized spacial score (nSPS) is 12.2. The lowest BCUT2D eigenvalue weighted by molar-refractivity contribution is -0.113. The third kappa shape index (κ3) is 3.61. The Kier molecular flexibility index (Phi) is 4.30. The average Bonchev–Trinajstić information content (AvgIpc) is 3.30. The maximum atomic E-state index is 12.1. The number of aromatic nitrogens is 2. The summed E-state index contributed by atoms with van der Waals surface area (Å²) in [5.74, 6) is 1.48. The quantitative estimate of drug-likeness (QED) is 0.686. The minimum atomic E-state index is -0.110. The lowest BCUT2D eigenvalue weighted by Gasteiger charge is -2.05. The first kappa shape index (κ1) is 15.6. The molecule has 0 atom stereocenters. The second kappa shape index (κ2) is 6.90. The highest BCUT2D eigenvalue weighted by atomic mass is 32.2. The van der Waals surface area contributed by atoms with E-state index in [1.165, 1.54) is 11.8 Å². The van der Waals surface area contributed by atoms with Crippen LogP contribution in [0.5, 0.6) is 11.5 Å². The van der Waals surface area contributed by atoms with Crippen molar-refractivity contribution in [1.82, 2.24) is 9.97 Å². The van der Waals surface area contributed by atoms with E-state index in [1.54, 1.807) is 24.4 Å².